The van der Waals surface area contributed by atoms with E-state index in [2.05, 4.69) is 6.58 Å². The minimum atomic E-state index is 0.117. The Kier molecular flexibility index (Phi) is 3.46. The average molecular weight is 189 g/mol. The third kappa shape index (κ3) is 2.73. The molecule has 0 aromatic heterocycles. The summed E-state index contributed by atoms with van der Waals surface area (Å²) in [6.07, 6.45) is 2.23. The first-order valence-corrected chi connectivity index (χ1v) is 4.55. The van der Waals surface area contributed by atoms with Crippen LogP contribution < -0.4 is 0 Å². The molecular weight excluding hydrogens is 174 g/mol. The van der Waals surface area contributed by atoms with E-state index in [4.69, 9.17) is 0 Å². The monoisotopic (exact) mass is 189 g/mol. The molecule has 0 aliphatic heterocycles. The van der Waals surface area contributed by atoms with Crippen molar-refractivity contribution in [1.29, 1.82) is 0 Å². The van der Waals surface area contributed by atoms with E-state index in [0.717, 1.165) is 11.1 Å². The maximum absolute atomic E-state index is 11.4. The minimum Gasteiger partial charge on any atom is -0.349 e. The van der Waals surface area contributed by atoms with Crippen LogP contribution in [0.2, 0.25) is 0 Å². The number of carbonyl (C=O) groups excluding carboxylic acids is 1. The quantitative estimate of drug-likeness (QED) is 0.711. The number of amides is 1. The number of benzene rings is 1. The Morgan fingerprint density at radius 1 is 1.50 bits per heavy atom. The highest BCUT2D eigenvalue weighted by Crippen LogP contribution is 2.07. The molecule has 2 nitrogen and oxygen atoms in total. The lowest BCUT2D eigenvalue weighted by molar-refractivity contribution is -0.127. The summed E-state index contributed by atoms with van der Waals surface area (Å²) < 4.78 is 0. The predicted octanol–water partition coefficient (Wildman–Crippen LogP) is 1.96. The fourth-order valence-electron chi connectivity index (χ4n) is 1.16. The van der Waals surface area contributed by atoms with Crippen molar-refractivity contribution in [3.8, 4) is 0 Å². The van der Waals surface area contributed by atoms with Crippen LogP contribution in [0.25, 0.3) is 6.08 Å². The number of hydrogen-bond donors (Lipinski definition) is 0. The van der Waals surface area contributed by atoms with Crippen LogP contribution in [0.5, 0.6) is 0 Å². The molecule has 0 saturated heterocycles. The van der Waals surface area contributed by atoms with E-state index >= 15 is 0 Å². The van der Waals surface area contributed by atoms with Gasteiger partial charge in [0.25, 0.3) is 0 Å². The van der Waals surface area contributed by atoms with Gasteiger partial charge in [-0.05, 0) is 11.1 Å². The Balaban J connectivity index is 2.76. The van der Waals surface area contributed by atoms with E-state index in [0.29, 0.717) is 6.42 Å². The first-order chi connectivity index (χ1) is 6.63. The summed E-state index contributed by atoms with van der Waals surface area (Å²) in [6.45, 7) is 3.69. The maximum Gasteiger partial charge on any atom is 0.226 e. The molecule has 1 amide bonds. The zero-order valence-corrected chi connectivity index (χ0v) is 8.66. The molecule has 1 aromatic carbocycles. The van der Waals surface area contributed by atoms with Gasteiger partial charge in [0.2, 0.25) is 5.91 Å². The third-order valence-electron chi connectivity index (χ3n) is 2.04. The maximum atomic E-state index is 11.4. The van der Waals surface area contributed by atoms with Crippen LogP contribution in [0.3, 0.4) is 0 Å². The molecule has 1 rings (SSSR count). The summed E-state index contributed by atoms with van der Waals surface area (Å²) in [5, 5.41) is 0. The lowest BCUT2D eigenvalue weighted by Gasteiger charge is -2.10. The van der Waals surface area contributed by atoms with Gasteiger partial charge in [-0.25, -0.2) is 0 Å². The molecule has 0 N–H and O–H groups in total. The van der Waals surface area contributed by atoms with Crippen LogP contribution >= 0.6 is 0 Å². The molecule has 14 heavy (non-hydrogen) atoms. The largest absolute Gasteiger partial charge is 0.349 e. The van der Waals surface area contributed by atoms with Crippen molar-refractivity contribution in [2.75, 3.05) is 14.1 Å². The van der Waals surface area contributed by atoms with E-state index in [-0.39, 0.29) is 5.91 Å². The highest BCUT2D eigenvalue weighted by molar-refractivity contribution is 5.78. The summed E-state index contributed by atoms with van der Waals surface area (Å²) in [4.78, 5) is 13.0. The first-order valence-electron chi connectivity index (χ1n) is 4.55. The van der Waals surface area contributed by atoms with Crippen molar-refractivity contribution in [2.45, 2.75) is 6.42 Å². The zero-order valence-electron chi connectivity index (χ0n) is 8.66. The van der Waals surface area contributed by atoms with Crippen LogP contribution in [-0.4, -0.2) is 24.9 Å². The summed E-state index contributed by atoms with van der Waals surface area (Å²) >= 11 is 0. The SMILES string of the molecule is C=Cc1cccc(CC(=O)N(C)C)c1. The fraction of sp³-hybridized carbons (Fsp3) is 0.250. The van der Waals surface area contributed by atoms with Crippen molar-refractivity contribution in [1.82, 2.24) is 4.90 Å². The summed E-state index contributed by atoms with van der Waals surface area (Å²) in [7, 11) is 3.53. The third-order valence-corrected chi connectivity index (χ3v) is 2.04. The molecule has 0 bridgehead atoms. The average Bonchev–Trinajstić information content (AvgIpc) is 2.18. The molecule has 0 atom stereocenters. The highest BCUT2D eigenvalue weighted by atomic mass is 16.2. The van der Waals surface area contributed by atoms with Gasteiger partial charge in [-0.15, -0.1) is 0 Å². The Morgan fingerprint density at radius 2 is 2.21 bits per heavy atom. The lowest BCUT2D eigenvalue weighted by Crippen LogP contribution is -2.23. The van der Waals surface area contributed by atoms with E-state index in [1.807, 2.05) is 24.3 Å². The molecule has 1 aromatic rings. The molecule has 0 aliphatic carbocycles. The van der Waals surface area contributed by atoms with Gasteiger partial charge in [-0.3, -0.25) is 4.79 Å². The number of hydrogen-bond acceptors (Lipinski definition) is 1. The first kappa shape index (κ1) is 10.5. The van der Waals surface area contributed by atoms with E-state index < -0.39 is 0 Å². The van der Waals surface area contributed by atoms with Gasteiger partial charge >= 0.3 is 0 Å². The van der Waals surface area contributed by atoms with E-state index in [1.54, 1.807) is 25.1 Å². The lowest BCUT2D eigenvalue weighted by atomic mass is 10.1. The molecule has 0 fully saturated rings. The van der Waals surface area contributed by atoms with Crippen LogP contribution in [0, 0.1) is 0 Å². The molecule has 0 unspecified atom stereocenters. The number of rotatable bonds is 3. The van der Waals surface area contributed by atoms with Gasteiger partial charge < -0.3 is 4.90 Å². The second-order valence-electron chi connectivity index (χ2n) is 3.41. The molecule has 74 valence electrons. The molecule has 0 saturated carbocycles. The molecular formula is C12H15NO. The van der Waals surface area contributed by atoms with Gasteiger partial charge in [0.1, 0.15) is 0 Å². The van der Waals surface area contributed by atoms with E-state index in [1.165, 1.54) is 0 Å². The van der Waals surface area contributed by atoms with Gasteiger partial charge in [-0.2, -0.15) is 0 Å². The smallest absolute Gasteiger partial charge is 0.226 e. The van der Waals surface area contributed by atoms with Gasteiger partial charge in [0, 0.05) is 14.1 Å². The highest BCUT2D eigenvalue weighted by Gasteiger charge is 2.04. The van der Waals surface area contributed by atoms with Crippen LogP contribution in [-0.2, 0) is 11.2 Å². The van der Waals surface area contributed by atoms with Crippen LogP contribution in [0.1, 0.15) is 11.1 Å². The van der Waals surface area contributed by atoms with Gasteiger partial charge in [-0.1, -0.05) is 36.9 Å². The predicted molar refractivity (Wildman–Crippen MR) is 58.9 cm³/mol. The van der Waals surface area contributed by atoms with E-state index in [9.17, 15) is 4.79 Å². The van der Waals surface area contributed by atoms with Crippen molar-refractivity contribution in [3.63, 3.8) is 0 Å². The fourth-order valence-corrected chi connectivity index (χ4v) is 1.16. The Hall–Kier alpha value is -1.57. The summed E-state index contributed by atoms with van der Waals surface area (Å²) in [5.41, 5.74) is 2.08. The second-order valence-corrected chi connectivity index (χ2v) is 3.41. The molecule has 0 aliphatic rings. The van der Waals surface area contributed by atoms with Crippen molar-refractivity contribution < 1.29 is 4.79 Å². The minimum absolute atomic E-state index is 0.117. The molecule has 2 heteroatoms. The summed E-state index contributed by atoms with van der Waals surface area (Å²) in [5.74, 6) is 0.117. The number of nitrogens with zero attached hydrogens (tertiary/aromatic N) is 1. The van der Waals surface area contributed by atoms with Crippen LogP contribution in [0.15, 0.2) is 30.8 Å². The van der Waals surface area contributed by atoms with Gasteiger partial charge in [0.05, 0.1) is 6.42 Å². The second kappa shape index (κ2) is 4.61. The number of carbonyl (C=O) groups is 1. The number of likely N-dealkylation sites (N-methyl/N-ethyl adjacent to an activating group) is 1. The summed E-state index contributed by atoms with van der Waals surface area (Å²) in [6, 6.07) is 7.84. The zero-order chi connectivity index (χ0) is 10.6. The molecule has 0 radical (unpaired) electrons. The Labute approximate surface area is 84.9 Å². The standard InChI is InChI=1S/C12H15NO/c1-4-10-6-5-7-11(8-10)9-12(14)13(2)3/h4-8H,1,9H2,2-3H3. The normalized spacial score (nSPS) is 9.57. The topological polar surface area (TPSA) is 20.3 Å². The van der Waals surface area contributed by atoms with Crippen LogP contribution in [0.4, 0.5) is 0 Å². The molecule has 0 spiro atoms. The molecule has 0 heterocycles. The van der Waals surface area contributed by atoms with Crippen molar-refractivity contribution in [2.24, 2.45) is 0 Å². The van der Waals surface area contributed by atoms with Crippen molar-refractivity contribution in [3.05, 3.63) is 42.0 Å². The Bertz CT molecular complexity index is 342. The van der Waals surface area contributed by atoms with Crippen molar-refractivity contribution >= 4 is 12.0 Å². The Morgan fingerprint density at radius 3 is 2.79 bits per heavy atom. The van der Waals surface area contributed by atoms with Gasteiger partial charge in [0.15, 0.2) is 0 Å².